The lowest BCUT2D eigenvalue weighted by Crippen LogP contribution is -2.02. The first-order valence-electron chi connectivity index (χ1n) is 7.59. The normalized spacial score (nSPS) is 11.3. The first-order chi connectivity index (χ1) is 11.1. The molecule has 0 fully saturated rings. The predicted octanol–water partition coefficient (Wildman–Crippen LogP) is 5.07. The van der Waals surface area contributed by atoms with Crippen LogP contribution in [-0.4, -0.2) is 14.5 Å². The molecule has 4 rings (SSSR count). The average Bonchev–Trinajstić information content (AvgIpc) is 3.14. The van der Waals surface area contributed by atoms with E-state index in [1.165, 1.54) is 27.1 Å². The highest BCUT2D eigenvalue weighted by molar-refractivity contribution is 7.16. The van der Waals surface area contributed by atoms with Gasteiger partial charge in [0.05, 0.1) is 21.4 Å². The second kappa shape index (κ2) is 5.32. The Bertz CT molecular complexity index is 987. The number of thiazole rings is 1. The number of fused-ring (bicyclic) bond motifs is 1. The van der Waals surface area contributed by atoms with Gasteiger partial charge < -0.3 is 0 Å². The molecule has 0 aliphatic carbocycles. The summed E-state index contributed by atoms with van der Waals surface area (Å²) in [5, 5.41) is 0. The Morgan fingerprint density at radius 2 is 1.78 bits per heavy atom. The Hall–Kier alpha value is -2.46. The van der Waals surface area contributed by atoms with Crippen molar-refractivity contribution in [3.63, 3.8) is 0 Å². The fourth-order valence-corrected chi connectivity index (χ4v) is 4.01. The molecule has 4 heteroatoms. The summed E-state index contributed by atoms with van der Waals surface area (Å²) in [7, 11) is 0. The zero-order chi connectivity index (χ0) is 16.0. The Kier molecular flexibility index (Phi) is 3.27. The van der Waals surface area contributed by atoms with E-state index in [2.05, 4.69) is 65.6 Å². The molecule has 114 valence electrons. The third kappa shape index (κ3) is 2.26. The van der Waals surface area contributed by atoms with Crippen molar-refractivity contribution in [3.8, 4) is 17.1 Å². The second-order valence-corrected chi connectivity index (χ2v) is 6.76. The largest absolute Gasteiger partial charge is 0.299 e. The maximum absolute atomic E-state index is 4.62. The van der Waals surface area contributed by atoms with Crippen LogP contribution in [0, 0.1) is 20.8 Å². The first-order valence-corrected chi connectivity index (χ1v) is 8.47. The van der Waals surface area contributed by atoms with Gasteiger partial charge in [0.2, 0.25) is 0 Å². The Morgan fingerprint density at radius 1 is 1.00 bits per heavy atom. The summed E-state index contributed by atoms with van der Waals surface area (Å²) in [6, 6.07) is 10.7. The molecule has 0 aliphatic rings. The van der Waals surface area contributed by atoms with Crippen LogP contribution in [0.3, 0.4) is 0 Å². The van der Waals surface area contributed by atoms with Crippen molar-refractivity contribution in [2.24, 2.45) is 0 Å². The molecule has 0 saturated heterocycles. The van der Waals surface area contributed by atoms with Crippen molar-refractivity contribution >= 4 is 21.6 Å². The number of hydrogen-bond acceptors (Lipinski definition) is 3. The number of para-hydroxylation sites is 1. The second-order valence-electron chi connectivity index (χ2n) is 5.87. The summed E-state index contributed by atoms with van der Waals surface area (Å²) in [4.78, 5) is 9.16. The van der Waals surface area contributed by atoms with Crippen molar-refractivity contribution in [3.05, 3.63) is 64.9 Å². The lowest BCUT2D eigenvalue weighted by Gasteiger charge is -2.15. The van der Waals surface area contributed by atoms with E-state index in [0.717, 1.165) is 16.9 Å². The standard InChI is InChI=1S/C19H17N3S/c1-12-9-13(2)18(14(3)10-12)22-8-7-20-19(22)15-5-4-6-16-17(15)21-11-23-16/h4-11H,1-3H3. The lowest BCUT2D eigenvalue weighted by molar-refractivity contribution is 1.03. The van der Waals surface area contributed by atoms with Crippen LogP contribution in [-0.2, 0) is 0 Å². The molecule has 0 unspecified atom stereocenters. The van der Waals surface area contributed by atoms with E-state index in [1.54, 1.807) is 11.3 Å². The van der Waals surface area contributed by atoms with Crippen LogP contribution in [0.4, 0.5) is 0 Å². The van der Waals surface area contributed by atoms with Crippen LogP contribution >= 0.6 is 11.3 Å². The van der Waals surface area contributed by atoms with Crippen molar-refractivity contribution in [1.82, 2.24) is 14.5 Å². The van der Waals surface area contributed by atoms with Crippen molar-refractivity contribution < 1.29 is 0 Å². The summed E-state index contributed by atoms with van der Waals surface area (Å²) >= 11 is 1.66. The topological polar surface area (TPSA) is 30.7 Å². The third-order valence-electron chi connectivity index (χ3n) is 4.12. The Balaban J connectivity index is 1.99. The number of aryl methyl sites for hydroxylation is 3. The summed E-state index contributed by atoms with van der Waals surface area (Å²) < 4.78 is 3.37. The lowest BCUT2D eigenvalue weighted by atomic mass is 10.0. The van der Waals surface area contributed by atoms with Crippen LogP contribution in [0.5, 0.6) is 0 Å². The summed E-state index contributed by atoms with van der Waals surface area (Å²) in [6.07, 6.45) is 3.89. The molecule has 3 nitrogen and oxygen atoms in total. The molecule has 2 aromatic carbocycles. The highest BCUT2D eigenvalue weighted by Crippen LogP contribution is 2.32. The van der Waals surface area contributed by atoms with E-state index >= 15 is 0 Å². The van der Waals surface area contributed by atoms with E-state index in [1.807, 2.05) is 17.9 Å². The summed E-state index contributed by atoms with van der Waals surface area (Å²) in [5.74, 6) is 0.941. The van der Waals surface area contributed by atoms with Gasteiger partial charge in [-0.1, -0.05) is 23.8 Å². The van der Waals surface area contributed by atoms with Crippen molar-refractivity contribution in [2.45, 2.75) is 20.8 Å². The molecule has 2 heterocycles. The zero-order valence-corrected chi connectivity index (χ0v) is 14.2. The number of rotatable bonds is 2. The van der Waals surface area contributed by atoms with Crippen LogP contribution in [0.15, 0.2) is 48.2 Å². The zero-order valence-electron chi connectivity index (χ0n) is 13.4. The monoisotopic (exact) mass is 319 g/mol. The van der Waals surface area contributed by atoms with Gasteiger partial charge in [-0.15, -0.1) is 11.3 Å². The maximum Gasteiger partial charge on any atom is 0.146 e. The Morgan fingerprint density at radius 3 is 2.57 bits per heavy atom. The molecule has 0 aliphatic heterocycles. The predicted molar refractivity (Wildman–Crippen MR) is 96.4 cm³/mol. The van der Waals surface area contributed by atoms with Crippen molar-refractivity contribution in [2.75, 3.05) is 0 Å². The van der Waals surface area contributed by atoms with E-state index in [-0.39, 0.29) is 0 Å². The SMILES string of the molecule is Cc1cc(C)c(-n2ccnc2-c2cccc3scnc23)c(C)c1. The fraction of sp³-hybridized carbons (Fsp3) is 0.158. The molecule has 0 bridgehead atoms. The van der Waals surface area contributed by atoms with Crippen LogP contribution < -0.4 is 0 Å². The average molecular weight is 319 g/mol. The van der Waals surface area contributed by atoms with Gasteiger partial charge in [-0.05, 0) is 44.0 Å². The minimum absolute atomic E-state index is 0.941. The highest BCUT2D eigenvalue weighted by atomic mass is 32.1. The minimum Gasteiger partial charge on any atom is -0.299 e. The molecular weight excluding hydrogens is 302 g/mol. The van der Waals surface area contributed by atoms with Gasteiger partial charge in [-0.2, -0.15) is 0 Å². The van der Waals surface area contributed by atoms with Crippen LogP contribution in [0.2, 0.25) is 0 Å². The molecule has 0 atom stereocenters. The van der Waals surface area contributed by atoms with Gasteiger partial charge in [-0.25, -0.2) is 9.97 Å². The van der Waals surface area contributed by atoms with Gasteiger partial charge in [0.25, 0.3) is 0 Å². The molecule has 23 heavy (non-hydrogen) atoms. The Labute approximate surface area is 139 Å². The van der Waals surface area contributed by atoms with Gasteiger partial charge in [0, 0.05) is 18.0 Å². The summed E-state index contributed by atoms with van der Waals surface area (Å²) in [6.45, 7) is 6.44. The molecule has 4 aromatic rings. The first kappa shape index (κ1) is 14.2. The van der Waals surface area contributed by atoms with Crippen LogP contribution in [0.25, 0.3) is 27.3 Å². The molecule has 0 amide bonds. The maximum atomic E-state index is 4.62. The molecule has 0 spiro atoms. The number of imidazole rings is 1. The van der Waals surface area contributed by atoms with E-state index in [0.29, 0.717) is 0 Å². The van der Waals surface area contributed by atoms with Crippen molar-refractivity contribution in [1.29, 1.82) is 0 Å². The molecular formula is C19H17N3S. The van der Waals surface area contributed by atoms with Crippen LogP contribution in [0.1, 0.15) is 16.7 Å². The van der Waals surface area contributed by atoms with E-state index in [9.17, 15) is 0 Å². The number of benzene rings is 2. The summed E-state index contributed by atoms with van der Waals surface area (Å²) in [5.41, 5.74) is 8.99. The molecule has 0 saturated carbocycles. The third-order valence-corrected chi connectivity index (χ3v) is 4.91. The van der Waals surface area contributed by atoms with Gasteiger partial charge in [-0.3, -0.25) is 4.57 Å². The molecule has 2 aromatic heterocycles. The minimum atomic E-state index is 0.941. The highest BCUT2D eigenvalue weighted by Gasteiger charge is 2.15. The number of nitrogens with zero attached hydrogens (tertiary/aromatic N) is 3. The van der Waals surface area contributed by atoms with Gasteiger partial charge in [0.1, 0.15) is 5.82 Å². The fourth-order valence-electron chi connectivity index (χ4n) is 3.30. The quantitative estimate of drug-likeness (QED) is 0.516. The number of hydrogen-bond donors (Lipinski definition) is 0. The van der Waals surface area contributed by atoms with Gasteiger partial charge >= 0.3 is 0 Å². The van der Waals surface area contributed by atoms with E-state index in [4.69, 9.17) is 0 Å². The smallest absolute Gasteiger partial charge is 0.146 e. The van der Waals surface area contributed by atoms with Gasteiger partial charge in [0.15, 0.2) is 0 Å². The molecule has 0 N–H and O–H groups in total. The van der Waals surface area contributed by atoms with E-state index < -0.39 is 0 Å². The number of aromatic nitrogens is 3. The molecule has 0 radical (unpaired) electrons.